The van der Waals surface area contributed by atoms with Gasteiger partial charge in [-0.1, -0.05) is 29.9 Å². The highest BCUT2D eigenvalue weighted by molar-refractivity contribution is 6.30. The van der Waals surface area contributed by atoms with Crippen LogP contribution in [0.3, 0.4) is 0 Å². The summed E-state index contributed by atoms with van der Waals surface area (Å²) in [6, 6.07) is 4.80. The number of carbonyl (C=O) groups is 2. The van der Waals surface area contributed by atoms with Gasteiger partial charge in [-0.3, -0.25) is 0 Å². The van der Waals surface area contributed by atoms with Crippen LogP contribution < -0.4 is 5.32 Å². The van der Waals surface area contributed by atoms with Crippen molar-refractivity contribution in [2.24, 2.45) is 5.92 Å². The maximum absolute atomic E-state index is 12.0. The van der Waals surface area contributed by atoms with Crippen molar-refractivity contribution in [1.29, 1.82) is 0 Å². The first kappa shape index (κ1) is 20.1. The number of nitrogens with one attached hydrogen (secondary N) is 1. The van der Waals surface area contributed by atoms with Gasteiger partial charge in [0.25, 0.3) is 0 Å². The van der Waals surface area contributed by atoms with Gasteiger partial charge in [0, 0.05) is 22.5 Å². The molecule has 1 fully saturated rings. The summed E-state index contributed by atoms with van der Waals surface area (Å²) in [6.45, 7) is 5.48. The van der Waals surface area contributed by atoms with E-state index in [2.05, 4.69) is 17.2 Å². The van der Waals surface area contributed by atoms with E-state index in [1.165, 1.54) is 7.11 Å². The fourth-order valence-electron chi connectivity index (χ4n) is 2.84. The first-order valence-electron chi connectivity index (χ1n) is 8.58. The zero-order valence-electron chi connectivity index (χ0n) is 15.5. The Morgan fingerprint density at radius 1 is 1.27 bits per heavy atom. The second kappa shape index (κ2) is 8.46. The van der Waals surface area contributed by atoms with Crippen LogP contribution in [0.5, 0.6) is 0 Å². The highest BCUT2D eigenvalue weighted by Gasteiger charge is 2.29. The number of esters is 1. The van der Waals surface area contributed by atoms with E-state index in [1.54, 1.807) is 18.2 Å². The number of methoxy groups -OCH3 is 1. The van der Waals surface area contributed by atoms with E-state index in [4.69, 9.17) is 21.1 Å². The second-order valence-corrected chi connectivity index (χ2v) is 7.68. The number of hydrogen-bond acceptors (Lipinski definition) is 4. The van der Waals surface area contributed by atoms with Gasteiger partial charge in [0.05, 0.1) is 12.7 Å². The van der Waals surface area contributed by atoms with Crippen molar-refractivity contribution >= 4 is 23.7 Å². The maximum Gasteiger partial charge on any atom is 0.407 e. The Morgan fingerprint density at radius 2 is 2.00 bits per heavy atom. The van der Waals surface area contributed by atoms with Crippen molar-refractivity contribution in [3.05, 3.63) is 34.3 Å². The van der Waals surface area contributed by atoms with Crippen molar-refractivity contribution in [1.82, 2.24) is 5.32 Å². The molecule has 1 aromatic carbocycles. The van der Waals surface area contributed by atoms with Crippen LogP contribution in [0.15, 0.2) is 18.2 Å². The molecular weight excluding hydrogens is 354 g/mol. The number of benzene rings is 1. The SMILES string of the molecule is COC(=O)c1ccc(Cl)cc1C#C[C@@H]1CCC[C@@H]1NC(=O)OC(C)(C)C. The summed E-state index contributed by atoms with van der Waals surface area (Å²) in [6.07, 6.45) is 2.26. The van der Waals surface area contributed by atoms with Gasteiger partial charge in [-0.25, -0.2) is 9.59 Å². The second-order valence-electron chi connectivity index (χ2n) is 7.24. The number of halogens is 1. The first-order chi connectivity index (χ1) is 12.2. The number of hydrogen-bond donors (Lipinski definition) is 1. The van der Waals surface area contributed by atoms with Gasteiger partial charge in [-0.05, 0) is 51.8 Å². The average Bonchev–Trinajstić information content (AvgIpc) is 2.97. The number of amides is 1. The Morgan fingerprint density at radius 3 is 2.65 bits per heavy atom. The topological polar surface area (TPSA) is 64.6 Å². The largest absolute Gasteiger partial charge is 0.465 e. The molecule has 1 amide bonds. The number of carbonyl (C=O) groups excluding carboxylic acids is 2. The molecule has 0 heterocycles. The molecule has 0 saturated heterocycles. The van der Waals surface area contributed by atoms with Crippen LogP contribution in [-0.4, -0.2) is 30.8 Å². The van der Waals surface area contributed by atoms with E-state index in [1.807, 2.05) is 20.8 Å². The molecule has 0 unspecified atom stereocenters. The van der Waals surface area contributed by atoms with E-state index in [0.717, 1.165) is 19.3 Å². The van der Waals surface area contributed by atoms with E-state index < -0.39 is 17.7 Å². The normalized spacial score (nSPS) is 19.3. The summed E-state index contributed by atoms with van der Waals surface area (Å²) in [5.41, 5.74) is 0.353. The van der Waals surface area contributed by atoms with Gasteiger partial charge < -0.3 is 14.8 Å². The van der Waals surface area contributed by atoms with Gasteiger partial charge >= 0.3 is 12.1 Å². The smallest absolute Gasteiger partial charge is 0.407 e. The van der Waals surface area contributed by atoms with Crippen LogP contribution in [0.2, 0.25) is 5.02 Å². The molecule has 26 heavy (non-hydrogen) atoms. The molecule has 140 valence electrons. The Kier molecular flexibility index (Phi) is 6.55. The lowest BCUT2D eigenvalue weighted by Crippen LogP contribution is -2.40. The van der Waals surface area contributed by atoms with Crippen LogP contribution >= 0.6 is 11.6 Å². The van der Waals surface area contributed by atoms with E-state index in [9.17, 15) is 9.59 Å². The Bertz CT molecular complexity index is 742. The molecule has 5 nitrogen and oxygen atoms in total. The lowest BCUT2D eigenvalue weighted by atomic mass is 10.0. The van der Waals surface area contributed by atoms with Crippen LogP contribution in [0.4, 0.5) is 4.79 Å². The molecule has 0 aliphatic heterocycles. The summed E-state index contributed by atoms with van der Waals surface area (Å²) >= 11 is 6.03. The van der Waals surface area contributed by atoms with Gasteiger partial charge in [-0.2, -0.15) is 0 Å². The molecule has 0 aromatic heterocycles. The van der Waals surface area contributed by atoms with E-state index in [0.29, 0.717) is 16.1 Å². The quantitative estimate of drug-likeness (QED) is 0.620. The van der Waals surface area contributed by atoms with Crippen molar-refractivity contribution < 1.29 is 19.1 Å². The minimum Gasteiger partial charge on any atom is -0.465 e. The third kappa shape index (κ3) is 5.67. The maximum atomic E-state index is 12.0. The van der Waals surface area contributed by atoms with Crippen LogP contribution in [0.25, 0.3) is 0 Å². The molecule has 1 aliphatic carbocycles. The van der Waals surface area contributed by atoms with Crippen LogP contribution in [-0.2, 0) is 9.47 Å². The van der Waals surface area contributed by atoms with Crippen molar-refractivity contribution in [2.45, 2.75) is 51.7 Å². The van der Waals surface area contributed by atoms with Crippen LogP contribution in [0, 0.1) is 17.8 Å². The monoisotopic (exact) mass is 377 g/mol. The number of ether oxygens (including phenoxy) is 2. The molecule has 1 aromatic rings. The summed E-state index contributed by atoms with van der Waals surface area (Å²) in [7, 11) is 1.33. The fourth-order valence-corrected chi connectivity index (χ4v) is 3.01. The number of rotatable bonds is 2. The number of alkyl carbamates (subject to hydrolysis) is 1. The molecule has 2 atom stereocenters. The molecule has 2 rings (SSSR count). The summed E-state index contributed by atoms with van der Waals surface area (Å²) < 4.78 is 10.1. The molecule has 1 N–H and O–H groups in total. The third-order valence-electron chi connectivity index (χ3n) is 4.00. The van der Waals surface area contributed by atoms with Crippen LogP contribution in [0.1, 0.15) is 56.0 Å². The van der Waals surface area contributed by atoms with Crippen molar-refractivity contribution in [3.8, 4) is 11.8 Å². The lowest BCUT2D eigenvalue weighted by Gasteiger charge is -2.23. The van der Waals surface area contributed by atoms with Crippen molar-refractivity contribution in [3.63, 3.8) is 0 Å². The van der Waals surface area contributed by atoms with Crippen molar-refractivity contribution in [2.75, 3.05) is 7.11 Å². The molecule has 1 aliphatic rings. The summed E-state index contributed by atoms with van der Waals surface area (Å²) in [4.78, 5) is 23.9. The average molecular weight is 378 g/mol. The third-order valence-corrected chi connectivity index (χ3v) is 4.23. The Labute approximate surface area is 159 Å². The Hall–Kier alpha value is -2.19. The fraction of sp³-hybridized carbons (Fsp3) is 0.500. The Balaban J connectivity index is 2.15. The van der Waals surface area contributed by atoms with Gasteiger partial charge in [-0.15, -0.1) is 0 Å². The van der Waals surface area contributed by atoms with E-state index >= 15 is 0 Å². The minimum absolute atomic E-state index is 0.00741. The lowest BCUT2D eigenvalue weighted by molar-refractivity contribution is 0.0498. The molecule has 6 heteroatoms. The van der Waals surface area contributed by atoms with Gasteiger partial charge in [0.1, 0.15) is 5.60 Å². The molecule has 0 bridgehead atoms. The van der Waals surface area contributed by atoms with E-state index in [-0.39, 0.29) is 12.0 Å². The van der Waals surface area contributed by atoms with Gasteiger partial charge in [0.15, 0.2) is 0 Å². The molecule has 1 saturated carbocycles. The predicted molar refractivity (Wildman–Crippen MR) is 100 cm³/mol. The zero-order chi connectivity index (χ0) is 19.3. The molecule has 0 spiro atoms. The standard InChI is InChI=1S/C20H24ClNO4/c1-20(2,3)26-19(24)22-17-7-5-6-13(17)8-9-14-12-15(21)10-11-16(14)18(23)25-4/h10-13,17H,5-7H2,1-4H3,(H,22,24)/t13-,17-/m0/s1. The zero-order valence-corrected chi connectivity index (χ0v) is 16.3. The molecule has 0 radical (unpaired) electrons. The highest BCUT2D eigenvalue weighted by Crippen LogP contribution is 2.26. The highest BCUT2D eigenvalue weighted by atomic mass is 35.5. The minimum atomic E-state index is -0.542. The predicted octanol–water partition coefficient (Wildman–Crippen LogP) is 4.17. The first-order valence-corrected chi connectivity index (χ1v) is 8.96. The van der Waals surface area contributed by atoms with Gasteiger partial charge in [0.2, 0.25) is 0 Å². The molecular formula is C20H24ClNO4. The summed E-state index contributed by atoms with van der Waals surface area (Å²) in [5, 5.41) is 3.40. The summed E-state index contributed by atoms with van der Waals surface area (Å²) in [5.74, 6) is 5.75.